The maximum absolute atomic E-state index is 12.4. The van der Waals surface area contributed by atoms with E-state index in [1.165, 1.54) is 0 Å². The highest BCUT2D eigenvalue weighted by Gasteiger charge is 2.14. The quantitative estimate of drug-likeness (QED) is 0.765. The van der Waals surface area contributed by atoms with E-state index in [1.807, 2.05) is 31.2 Å². The Morgan fingerprint density at radius 1 is 1.30 bits per heavy atom. The number of nitrogens with one attached hydrogen (secondary N) is 2. The minimum Gasteiger partial charge on any atom is -0.345 e. The molecule has 3 aromatic rings. The Balaban J connectivity index is 1.89. The van der Waals surface area contributed by atoms with Gasteiger partial charge in [0.15, 0.2) is 0 Å². The van der Waals surface area contributed by atoms with E-state index in [9.17, 15) is 4.79 Å². The second-order valence-electron chi connectivity index (χ2n) is 4.60. The van der Waals surface area contributed by atoms with Gasteiger partial charge in [-0.3, -0.25) is 14.9 Å². The highest BCUT2D eigenvalue weighted by molar-refractivity contribution is 6.06. The minimum atomic E-state index is -0.114. The minimum absolute atomic E-state index is 0.104. The number of amides is 1. The van der Waals surface area contributed by atoms with Crippen molar-refractivity contribution in [2.45, 2.75) is 13.0 Å². The van der Waals surface area contributed by atoms with Crippen molar-refractivity contribution in [2.75, 3.05) is 0 Å². The van der Waals surface area contributed by atoms with Gasteiger partial charge in [0, 0.05) is 28.9 Å². The lowest BCUT2D eigenvalue weighted by molar-refractivity contribution is 0.0941. The van der Waals surface area contributed by atoms with Crippen LogP contribution in [-0.2, 0) is 0 Å². The van der Waals surface area contributed by atoms with Gasteiger partial charge in [0.25, 0.3) is 5.91 Å². The van der Waals surface area contributed by atoms with Crippen molar-refractivity contribution in [3.63, 3.8) is 0 Å². The van der Waals surface area contributed by atoms with Gasteiger partial charge in [-0.05, 0) is 25.1 Å². The number of H-pyrrole nitrogens is 1. The molecule has 2 N–H and O–H groups in total. The van der Waals surface area contributed by atoms with Crippen LogP contribution < -0.4 is 5.32 Å². The third-order valence-electron chi connectivity index (χ3n) is 3.26. The molecule has 0 spiro atoms. The van der Waals surface area contributed by atoms with Crippen molar-refractivity contribution in [1.82, 2.24) is 20.5 Å². The summed E-state index contributed by atoms with van der Waals surface area (Å²) in [4.78, 5) is 16.7. The maximum Gasteiger partial charge on any atom is 0.252 e. The molecule has 1 atom stereocenters. The molecule has 100 valence electrons. The number of pyridine rings is 1. The number of carbonyl (C=O) groups is 1. The Morgan fingerprint density at radius 3 is 3.00 bits per heavy atom. The van der Waals surface area contributed by atoms with Crippen LogP contribution in [-0.4, -0.2) is 21.1 Å². The average Bonchev–Trinajstić information content (AvgIpc) is 3.01. The molecule has 2 heterocycles. The molecule has 0 saturated carbocycles. The summed E-state index contributed by atoms with van der Waals surface area (Å²) in [6, 6.07) is 9.17. The molecule has 0 radical (unpaired) electrons. The predicted molar refractivity (Wildman–Crippen MR) is 76.2 cm³/mol. The second-order valence-corrected chi connectivity index (χ2v) is 4.60. The van der Waals surface area contributed by atoms with E-state index in [0.29, 0.717) is 5.56 Å². The summed E-state index contributed by atoms with van der Waals surface area (Å²) < 4.78 is 0. The van der Waals surface area contributed by atoms with Gasteiger partial charge in [-0.1, -0.05) is 12.1 Å². The molecule has 3 rings (SSSR count). The van der Waals surface area contributed by atoms with Gasteiger partial charge < -0.3 is 5.32 Å². The number of carbonyl (C=O) groups excluding carboxylic acids is 1. The molecular formula is C15H14N4O. The van der Waals surface area contributed by atoms with E-state index in [4.69, 9.17) is 0 Å². The van der Waals surface area contributed by atoms with Gasteiger partial charge in [0.05, 0.1) is 17.8 Å². The molecule has 1 unspecified atom stereocenters. The highest BCUT2D eigenvalue weighted by Crippen LogP contribution is 2.18. The summed E-state index contributed by atoms with van der Waals surface area (Å²) in [5.74, 6) is -0.114. The number of aromatic nitrogens is 3. The lowest BCUT2D eigenvalue weighted by atomic mass is 10.1. The number of fused-ring (bicyclic) bond motifs is 1. The first-order valence-corrected chi connectivity index (χ1v) is 6.39. The van der Waals surface area contributed by atoms with Gasteiger partial charge in [-0.15, -0.1) is 0 Å². The van der Waals surface area contributed by atoms with Crippen LogP contribution in [0.1, 0.15) is 28.9 Å². The third kappa shape index (κ3) is 2.25. The lowest BCUT2D eigenvalue weighted by Crippen LogP contribution is -2.26. The topological polar surface area (TPSA) is 70.7 Å². The number of benzene rings is 1. The fourth-order valence-corrected chi connectivity index (χ4v) is 2.16. The van der Waals surface area contributed by atoms with E-state index >= 15 is 0 Å². The molecule has 1 amide bonds. The van der Waals surface area contributed by atoms with Crippen LogP contribution in [0.2, 0.25) is 0 Å². The number of nitrogens with zero attached hydrogens (tertiary/aromatic N) is 2. The second kappa shape index (κ2) is 5.13. The van der Waals surface area contributed by atoms with Crippen LogP contribution in [0.5, 0.6) is 0 Å². The SMILES string of the molecule is CC(NC(=O)c1cccc2ncccc12)c1cn[nH]c1. The maximum atomic E-state index is 12.4. The van der Waals surface area contributed by atoms with Gasteiger partial charge in [-0.25, -0.2) is 0 Å². The molecule has 0 aliphatic carbocycles. The smallest absolute Gasteiger partial charge is 0.252 e. The van der Waals surface area contributed by atoms with Crippen LogP contribution in [0.25, 0.3) is 10.9 Å². The first-order chi connectivity index (χ1) is 9.75. The molecule has 20 heavy (non-hydrogen) atoms. The van der Waals surface area contributed by atoms with Crippen molar-refractivity contribution in [1.29, 1.82) is 0 Å². The normalized spacial score (nSPS) is 12.2. The number of hydrogen-bond acceptors (Lipinski definition) is 3. The van der Waals surface area contributed by atoms with Crippen molar-refractivity contribution in [2.24, 2.45) is 0 Å². The van der Waals surface area contributed by atoms with Gasteiger partial charge in [0.1, 0.15) is 0 Å². The van der Waals surface area contributed by atoms with Crippen LogP contribution >= 0.6 is 0 Å². The monoisotopic (exact) mass is 266 g/mol. The van der Waals surface area contributed by atoms with Gasteiger partial charge in [0.2, 0.25) is 0 Å². The molecule has 5 heteroatoms. The van der Waals surface area contributed by atoms with E-state index in [-0.39, 0.29) is 11.9 Å². The largest absolute Gasteiger partial charge is 0.345 e. The molecule has 0 aliphatic rings. The summed E-state index contributed by atoms with van der Waals surface area (Å²) in [6.45, 7) is 1.92. The third-order valence-corrected chi connectivity index (χ3v) is 3.26. The number of aromatic amines is 1. The molecule has 0 bridgehead atoms. The van der Waals surface area contributed by atoms with E-state index < -0.39 is 0 Å². The van der Waals surface area contributed by atoms with Crippen LogP contribution in [0.3, 0.4) is 0 Å². The summed E-state index contributed by atoms with van der Waals surface area (Å²) in [6.07, 6.45) is 5.20. The van der Waals surface area contributed by atoms with E-state index in [0.717, 1.165) is 16.5 Å². The predicted octanol–water partition coefficient (Wildman–Crippen LogP) is 2.45. The average molecular weight is 266 g/mol. The summed E-state index contributed by atoms with van der Waals surface area (Å²) in [5.41, 5.74) is 2.39. The zero-order valence-corrected chi connectivity index (χ0v) is 11.0. The Bertz CT molecular complexity index is 731. The molecular weight excluding hydrogens is 252 g/mol. The fraction of sp³-hybridized carbons (Fsp3) is 0.133. The highest BCUT2D eigenvalue weighted by atomic mass is 16.1. The van der Waals surface area contributed by atoms with Gasteiger partial charge in [-0.2, -0.15) is 5.10 Å². The Kier molecular flexibility index (Phi) is 3.16. The zero-order chi connectivity index (χ0) is 13.9. The molecule has 0 fully saturated rings. The Hall–Kier alpha value is -2.69. The lowest BCUT2D eigenvalue weighted by Gasteiger charge is -2.13. The van der Waals surface area contributed by atoms with E-state index in [1.54, 1.807) is 24.7 Å². The molecule has 0 aliphatic heterocycles. The Labute approximate surface area is 116 Å². The van der Waals surface area contributed by atoms with Crippen LogP contribution in [0, 0.1) is 0 Å². The summed E-state index contributed by atoms with van der Waals surface area (Å²) >= 11 is 0. The Morgan fingerprint density at radius 2 is 2.20 bits per heavy atom. The van der Waals surface area contributed by atoms with Crippen LogP contribution in [0.4, 0.5) is 0 Å². The number of rotatable bonds is 3. The van der Waals surface area contributed by atoms with Crippen molar-refractivity contribution in [3.8, 4) is 0 Å². The van der Waals surface area contributed by atoms with Crippen molar-refractivity contribution >= 4 is 16.8 Å². The zero-order valence-electron chi connectivity index (χ0n) is 11.0. The van der Waals surface area contributed by atoms with Crippen LogP contribution in [0.15, 0.2) is 48.9 Å². The molecule has 0 saturated heterocycles. The van der Waals surface area contributed by atoms with Crippen molar-refractivity contribution < 1.29 is 4.79 Å². The number of hydrogen-bond donors (Lipinski definition) is 2. The molecule has 2 aromatic heterocycles. The first kappa shape index (κ1) is 12.3. The first-order valence-electron chi connectivity index (χ1n) is 6.39. The van der Waals surface area contributed by atoms with Crippen molar-refractivity contribution in [3.05, 3.63) is 60.0 Å². The fourth-order valence-electron chi connectivity index (χ4n) is 2.16. The molecule has 1 aromatic carbocycles. The molecule has 5 nitrogen and oxygen atoms in total. The summed E-state index contributed by atoms with van der Waals surface area (Å²) in [7, 11) is 0. The standard InChI is InChI=1S/C15H14N4O/c1-10(11-8-17-18-9-11)19-15(20)13-4-2-6-14-12(13)5-3-7-16-14/h2-10H,1H3,(H,17,18)(H,19,20). The summed E-state index contributed by atoms with van der Waals surface area (Å²) in [5, 5.41) is 10.4. The van der Waals surface area contributed by atoms with E-state index in [2.05, 4.69) is 20.5 Å². The van der Waals surface area contributed by atoms with Gasteiger partial charge >= 0.3 is 0 Å².